The van der Waals surface area contributed by atoms with Gasteiger partial charge < -0.3 is 10.6 Å². The highest BCUT2D eigenvalue weighted by molar-refractivity contribution is 6.33. The van der Waals surface area contributed by atoms with E-state index in [1.807, 2.05) is 12.1 Å². The molecule has 0 saturated carbocycles. The number of halogens is 1. The lowest BCUT2D eigenvalue weighted by molar-refractivity contribution is 0.607. The third kappa shape index (κ3) is 3.67. The summed E-state index contributed by atoms with van der Waals surface area (Å²) < 4.78 is 0. The van der Waals surface area contributed by atoms with Gasteiger partial charge in [-0.05, 0) is 44.2 Å². The highest BCUT2D eigenvalue weighted by atomic mass is 35.5. The van der Waals surface area contributed by atoms with Crippen molar-refractivity contribution in [3.8, 4) is 0 Å². The van der Waals surface area contributed by atoms with E-state index in [2.05, 4.69) is 24.8 Å². The quantitative estimate of drug-likeness (QED) is 0.892. The van der Waals surface area contributed by atoms with Crippen LogP contribution in [-0.4, -0.2) is 18.6 Å². The molecule has 0 bridgehead atoms. The van der Waals surface area contributed by atoms with Crippen LogP contribution in [0, 0.1) is 0 Å². The van der Waals surface area contributed by atoms with Gasteiger partial charge in [0.25, 0.3) is 0 Å². The van der Waals surface area contributed by atoms with Crippen LogP contribution in [0.1, 0.15) is 51.5 Å². The monoisotopic (exact) mass is 294 g/mol. The van der Waals surface area contributed by atoms with Crippen molar-refractivity contribution in [2.75, 3.05) is 11.4 Å². The minimum absolute atomic E-state index is 0.217. The van der Waals surface area contributed by atoms with Gasteiger partial charge in [-0.15, -0.1) is 0 Å². The summed E-state index contributed by atoms with van der Waals surface area (Å²) in [5.74, 6) is 0. The molecule has 0 aromatic heterocycles. The first-order valence-corrected chi connectivity index (χ1v) is 8.31. The van der Waals surface area contributed by atoms with Crippen LogP contribution in [0.5, 0.6) is 0 Å². The molecule has 0 amide bonds. The molecule has 112 valence electrons. The Morgan fingerprint density at radius 2 is 2.15 bits per heavy atom. The zero-order valence-electron chi connectivity index (χ0n) is 12.7. The molecule has 2 N–H and O–H groups in total. The SMILES string of the molecule is CCC(N)Cc1cccc(Cl)c1N1CCCCCC1C. The number of nitrogens with two attached hydrogens (primary N) is 1. The molecule has 1 aromatic carbocycles. The van der Waals surface area contributed by atoms with Crippen molar-refractivity contribution in [2.24, 2.45) is 5.73 Å². The van der Waals surface area contributed by atoms with Gasteiger partial charge in [-0.1, -0.05) is 43.5 Å². The Morgan fingerprint density at radius 1 is 1.35 bits per heavy atom. The van der Waals surface area contributed by atoms with Gasteiger partial charge >= 0.3 is 0 Å². The van der Waals surface area contributed by atoms with Crippen molar-refractivity contribution in [1.29, 1.82) is 0 Å². The summed E-state index contributed by atoms with van der Waals surface area (Å²) in [7, 11) is 0. The summed E-state index contributed by atoms with van der Waals surface area (Å²) in [6.45, 7) is 5.57. The molecule has 2 rings (SSSR count). The second-order valence-electron chi connectivity index (χ2n) is 6.01. The predicted molar refractivity (Wildman–Crippen MR) is 88.7 cm³/mol. The maximum absolute atomic E-state index is 6.53. The molecule has 2 nitrogen and oxygen atoms in total. The molecule has 3 heteroatoms. The van der Waals surface area contributed by atoms with Crippen LogP contribution in [0.4, 0.5) is 5.69 Å². The fraction of sp³-hybridized carbons (Fsp3) is 0.647. The van der Waals surface area contributed by atoms with Crippen molar-refractivity contribution >= 4 is 17.3 Å². The van der Waals surface area contributed by atoms with Crippen molar-refractivity contribution in [1.82, 2.24) is 0 Å². The summed E-state index contributed by atoms with van der Waals surface area (Å²) in [5.41, 5.74) is 8.69. The highest BCUT2D eigenvalue weighted by Gasteiger charge is 2.22. The molecule has 2 unspecified atom stereocenters. The van der Waals surface area contributed by atoms with Crippen molar-refractivity contribution in [2.45, 2.75) is 64.5 Å². The maximum Gasteiger partial charge on any atom is 0.0642 e. The van der Waals surface area contributed by atoms with Crippen molar-refractivity contribution in [3.05, 3.63) is 28.8 Å². The van der Waals surface area contributed by atoms with E-state index in [9.17, 15) is 0 Å². The van der Waals surface area contributed by atoms with Gasteiger partial charge in [0, 0.05) is 18.6 Å². The molecule has 1 aliphatic rings. The molecule has 0 spiro atoms. The zero-order chi connectivity index (χ0) is 14.5. The van der Waals surface area contributed by atoms with Crippen LogP contribution in [0.25, 0.3) is 0 Å². The number of rotatable bonds is 4. The Morgan fingerprint density at radius 3 is 2.90 bits per heavy atom. The molecule has 1 aliphatic heterocycles. The number of hydrogen-bond acceptors (Lipinski definition) is 2. The van der Waals surface area contributed by atoms with Crippen LogP contribution >= 0.6 is 11.6 Å². The number of hydrogen-bond donors (Lipinski definition) is 1. The Balaban J connectivity index is 2.32. The van der Waals surface area contributed by atoms with E-state index in [1.165, 1.54) is 36.9 Å². The topological polar surface area (TPSA) is 29.3 Å². The van der Waals surface area contributed by atoms with E-state index >= 15 is 0 Å². The molecular weight excluding hydrogens is 268 g/mol. The van der Waals surface area contributed by atoms with E-state index in [0.717, 1.165) is 24.4 Å². The Bertz CT molecular complexity index is 433. The summed E-state index contributed by atoms with van der Waals surface area (Å²) in [5, 5.41) is 0.875. The van der Waals surface area contributed by atoms with E-state index < -0.39 is 0 Å². The summed E-state index contributed by atoms with van der Waals surface area (Å²) in [4.78, 5) is 2.51. The maximum atomic E-state index is 6.53. The van der Waals surface area contributed by atoms with Gasteiger partial charge in [0.15, 0.2) is 0 Å². The predicted octanol–water partition coefficient (Wildman–Crippen LogP) is 4.39. The number of nitrogens with zero attached hydrogens (tertiary/aromatic N) is 1. The van der Waals surface area contributed by atoms with Crippen LogP contribution < -0.4 is 10.6 Å². The van der Waals surface area contributed by atoms with Gasteiger partial charge in [0.1, 0.15) is 0 Å². The number of benzene rings is 1. The molecule has 2 atom stereocenters. The van der Waals surface area contributed by atoms with Gasteiger partial charge in [0.05, 0.1) is 10.7 Å². The van der Waals surface area contributed by atoms with E-state index in [-0.39, 0.29) is 6.04 Å². The van der Waals surface area contributed by atoms with Gasteiger partial charge in [0.2, 0.25) is 0 Å². The number of anilines is 1. The highest BCUT2D eigenvalue weighted by Crippen LogP contribution is 2.34. The van der Waals surface area contributed by atoms with Crippen molar-refractivity contribution in [3.63, 3.8) is 0 Å². The molecule has 0 radical (unpaired) electrons. The van der Waals surface area contributed by atoms with Crippen LogP contribution in [0.2, 0.25) is 5.02 Å². The van der Waals surface area contributed by atoms with E-state index in [0.29, 0.717) is 6.04 Å². The molecule has 0 aliphatic carbocycles. The Kier molecular flexibility index (Phi) is 5.74. The lowest BCUT2D eigenvalue weighted by Crippen LogP contribution is -2.34. The largest absolute Gasteiger partial charge is 0.367 e. The minimum atomic E-state index is 0.217. The lowest BCUT2D eigenvalue weighted by atomic mass is 10.0. The van der Waals surface area contributed by atoms with E-state index in [4.69, 9.17) is 17.3 Å². The fourth-order valence-corrected chi connectivity index (χ4v) is 3.38. The Hall–Kier alpha value is -0.730. The first kappa shape index (κ1) is 15.7. The van der Waals surface area contributed by atoms with Gasteiger partial charge in [-0.3, -0.25) is 0 Å². The summed E-state index contributed by atoms with van der Waals surface area (Å²) in [6, 6.07) is 7.03. The molecule has 1 aromatic rings. The normalized spacial score (nSPS) is 21.6. The smallest absolute Gasteiger partial charge is 0.0642 e. The summed E-state index contributed by atoms with van der Waals surface area (Å²) in [6.07, 6.45) is 7.08. The zero-order valence-corrected chi connectivity index (χ0v) is 13.5. The van der Waals surface area contributed by atoms with E-state index in [1.54, 1.807) is 0 Å². The molecule has 1 fully saturated rings. The molecule has 1 saturated heterocycles. The second-order valence-corrected chi connectivity index (χ2v) is 6.42. The fourth-order valence-electron chi connectivity index (χ4n) is 3.08. The van der Waals surface area contributed by atoms with Crippen LogP contribution in [0.15, 0.2) is 18.2 Å². The molecule has 1 heterocycles. The average Bonchev–Trinajstić information content (AvgIpc) is 2.64. The standard InChI is InChI=1S/C17H27ClN2/c1-3-15(19)12-14-9-7-10-16(18)17(14)20-11-6-4-5-8-13(20)2/h7,9-10,13,15H,3-6,8,11-12,19H2,1-2H3. The lowest BCUT2D eigenvalue weighted by Gasteiger charge is -2.32. The van der Waals surface area contributed by atoms with Crippen LogP contribution in [0.3, 0.4) is 0 Å². The average molecular weight is 295 g/mol. The van der Waals surface area contributed by atoms with Gasteiger partial charge in [-0.25, -0.2) is 0 Å². The minimum Gasteiger partial charge on any atom is -0.367 e. The third-order valence-corrected chi connectivity index (χ3v) is 4.72. The van der Waals surface area contributed by atoms with Crippen molar-refractivity contribution < 1.29 is 0 Å². The van der Waals surface area contributed by atoms with Crippen LogP contribution in [-0.2, 0) is 6.42 Å². The summed E-state index contributed by atoms with van der Waals surface area (Å²) >= 11 is 6.53. The molecule has 20 heavy (non-hydrogen) atoms. The Labute approximate surface area is 128 Å². The van der Waals surface area contributed by atoms with Gasteiger partial charge in [-0.2, -0.15) is 0 Å². The third-order valence-electron chi connectivity index (χ3n) is 4.42. The molecular formula is C17H27ClN2. The first-order chi connectivity index (χ1) is 9.63. The second kappa shape index (κ2) is 7.33. The first-order valence-electron chi connectivity index (χ1n) is 7.93. The number of para-hydroxylation sites is 1.